The molecule has 0 saturated carbocycles. The quantitative estimate of drug-likeness (QED) is 0.212. The predicted octanol–water partition coefficient (Wildman–Crippen LogP) is 2.77. The molecule has 2 aromatic carbocycles. The van der Waals surface area contributed by atoms with E-state index in [0.29, 0.717) is 0 Å². The minimum absolute atomic E-state index is 0.0953. The molecule has 0 unspecified atom stereocenters. The van der Waals surface area contributed by atoms with Crippen molar-refractivity contribution >= 4 is 17.5 Å². The lowest BCUT2D eigenvalue weighted by molar-refractivity contribution is -0.139. The average molecular weight is 294 g/mol. The lowest BCUT2D eigenvalue weighted by atomic mass is 10.0. The Labute approximate surface area is 127 Å². The van der Waals surface area contributed by atoms with Crippen molar-refractivity contribution in [3.05, 3.63) is 65.7 Å². The zero-order valence-corrected chi connectivity index (χ0v) is 12.0. The van der Waals surface area contributed by atoms with Crippen LogP contribution in [0.2, 0.25) is 0 Å². The van der Waals surface area contributed by atoms with Crippen molar-refractivity contribution in [2.45, 2.75) is 6.92 Å². The van der Waals surface area contributed by atoms with Crippen molar-refractivity contribution < 1.29 is 19.1 Å². The van der Waals surface area contributed by atoms with Gasteiger partial charge in [-0.15, -0.1) is 0 Å². The molecule has 0 aliphatic carbocycles. The highest BCUT2D eigenvalue weighted by atomic mass is 16.5. The minimum Gasteiger partial charge on any atom is -0.457 e. The van der Waals surface area contributed by atoms with Crippen LogP contribution in [0.1, 0.15) is 17.3 Å². The number of carbonyl (C=O) groups is 2. The first kappa shape index (κ1) is 15.4. The molecule has 110 valence electrons. The Morgan fingerprint density at radius 3 is 2.14 bits per heavy atom. The predicted molar refractivity (Wildman–Crippen MR) is 81.5 cm³/mol. The van der Waals surface area contributed by atoms with Crippen LogP contribution < -0.4 is 0 Å². The highest BCUT2D eigenvalue weighted by Gasteiger charge is 2.31. The van der Waals surface area contributed by atoms with Gasteiger partial charge in [0.15, 0.2) is 0 Å². The molecule has 0 aliphatic rings. The van der Waals surface area contributed by atoms with E-state index in [1.165, 1.54) is 0 Å². The molecule has 0 bridgehead atoms. The molecule has 0 atom stereocenters. The van der Waals surface area contributed by atoms with Crippen molar-refractivity contribution in [2.75, 3.05) is 6.61 Å². The van der Waals surface area contributed by atoms with Gasteiger partial charge in [-0.2, -0.15) is 4.79 Å². The number of rotatable bonds is 5. The van der Waals surface area contributed by atoms with Crippen molar-refractivity contribution in [1.82, 2.24) is 0 Å². The molecular weight excluding hydrogens is 280 g/mol. The Morgan fingerprint density at radius 2 is 1.59 bits per heavy atom. The van der Waals surface area contributed by atoms with Gasteiger partial charge in [0.1, 0.15) is 0 Å². The number of carbonyl (C=O) groups excluding carboxylic acids is 2. The Morgan fingerprint density at radius 1 is 1.00 bits per heavy atom. The van der Waals surface area contributed by atoms with Crippen LogP contribution in [0.25, 0.3) is 16.7 Å². The molecule has 0 aliphatic heterocycles. The fourth-order valence-corrected chi connectivity index (χ4v) is 1.96. The molecular formula is C17H14N2O3. The van der Waals surface area contributed by atoms with Crippen LogP contribution in [0.3, 0.4) is 0 Å². The van der Waals surface area contributed by atoms with Gasteiger partial charge in [0, 0.05) is 5.56 Å². The number of ketones is 1. The van der Waals surface area contributed by atoms with E-state index in [2.05, 4.69) is 9.53 Å². The van der Waals surface area contributed by atoms with Gasteiger partial charge >= 0.3 is 11.7 Å². The molecule has 0 fully saturated rings. The summed E-state index contributed by atoms with van der Waals surface area (Å²) in [7, 11) is 0. The second-order valence-electron chi connectivity index (χ2n) is 4.44. The number of Topliss-reactive ketones (excluding diaryl/α,β-unsaturated/α-hetero) is 1. The first-order valence-electron chi connectivity index (χ1n) is 6.76. The third-order valence-electron chi connectivity index (χ3n) is 3.04. The van der Waals surface area contributed by atoms with Crippen molar-refractivity contribution in [1.29, 1.82) is 0 Å². The molecule has 0 N–H and O–H groups in total. The average Bonchev–Trinajstić information content (AvgIpc) is 2.56. The molecule has 2 aromatic rings. The number of ether oxygens (including phenoxy) is 1. The highest BCUT2D eigenvalue weighted by Crippen LogP contribution is 2.19. The summed E-state index contributed by atoms with van der Waals surface area (Å²) in [5.41, 5.74) is 10.4. The molecule has 0 spiro atoms. The molecule has 0 aromatic heterocycles. The third kappa shape index (κ3) is 3.34. The lowest BCUT2D eigenvalue weighted by Gasteiger charge is -2.02. The molecule has 0 heterocycles. The molecule has 0 radical (unpaired) electrons. The normalized spacial score (nSPS) is 9.68. The topological polar surface area (TPSA) is 79.8 Å². The van der Waals surface area contributed by atoms with E-state index >= 15 is 0 Å². The summed E-state index contributed by atoms with van der Waals surface area (Å²) in [4.78, 5) is 26.4. The molecule has 5 nitrogen and oxygen atoms in total. The van der Waals surface area contributed by atoms with E-state index in [9.17, 15) is 9.59 Å². The van der Waals surface area contributed by atoms with Gasteiger partial charge in [-0.3, -0.25) is 4.79 Å². The Hall–Kier alpha value is -3.04. The van der Waals surface area contributed by atoms with E-state index < -0.39 is 17.5 Å². The summed E-state index contributed by atoms with van der Waals surface area (Å²) in [6.45, 7) is 1.70. The van der Waals surface area contributed by atoms with Crippen LogP contribution >= 0.6 is 0 Å². The van der Waals surface area contributed by atoms with Crippen LogP contribution in [0.5, 0.6) is 0 Å². The smallest absolute Gasteiger partial charge is 0.446 e. The van der Waals surface area contributed by atoms with Gasteiger partial charge in [-0.1, -0.05) is 54.6 Å². The van der Waals surface area contributed by atoms with E-state index in [1.807, 2.05) is 30.3 Å². The maximum absolute atomic E-state index is 12.1. The number of hydrogen-bond acceptors (Lipinski definition) is 3. The summed E-state index contributed by atoms with van der Waals surface area (Å²) in [5.74, 6) is -1.62. The van der Waals surface area contributed by atoms with E-state index in [1.54, 1.807) is 31.2 Å². The van der Waals surface area contributed by atoms with E-state index in [0.717, 1.165) is 11.1 Å². The van der Waals surface area contributed by atoms with E-state index in [-0.39, 0.29) is 12.2 Å². The number of esters is 1. The Kier molecular flexibility index (Phi) is 4.96. The monoisotopic (exact) mass is 294 g/mol. The first-order chi connectivity index (χ1) is 10.7. The first-order valence-corrected chi connectivity index (χ1v) is 6.76. The van der Waals surface area contributed by atoms with Crippen molar-refractivity contribution in [2.24, 2.45) is 0 Å². The summed E-state index contributed by atoms with van der Waals surface area (Å²) in [6, 6.07) is 16.4. The van der Waals surface area contributed by atoms with Gasteiger partial charge in [-0.25, -0.2) is 4.79 Å². The minimum atomic E-state index is -0.942. The maximum Gasteiger partial charge on any atom is 0.446 e. The van der Waals surface area contributed by atoms with Gasteiger partial charge in [0.05, 0.1) is 6.61 Å². The number of nitrogens with zero attached hydrogens (tertiary/aromatic N) is 2. The van der Waals surface area contributed by atoms with Crippen LogP contribution in [-0.4, -0.2) is 28.9 Å². The molecule has 22 heavy (non-hydrogen) atoms. The highest BCUT2D eigenvalue weighted by molar-refractivity contribution is 6.65. The summed E-state index contributed by atoms with van der Waals surface area (Å²) in [5, 5.41) is 0. The molecule has 5 heteroatoms. The van der Waals surface area contributed by atoms with Crippen LogP contribution in [0.15, 0.2) is 54.6 Å². The van der Waals surface area contributed by atoms with Crippen LogP contribution in [-0.2, 0) is 9.53 Å². The molecule has 0 amide bonds. The summed E-state index contributed by atoms with van der Waals surface area (Å²) >= 11 is 0. The maximum atomic E-state index is 12.1. The zero-order valence-electron chi connectivity index (χ0n) is 12.0. The Bertz CT molecular complexity index is 730. The van der Waals surface area contributed by atoms with Crippen molar-refractivity contribution in [3.8, 4) is 11.1 Å². The fourth-order valence-electron chi connectivity index (χ4n) is 1.96. The zero-order chi connectivity index (χ0) is 15.9. The van der Waals surface area contributed by atoms with Gasteiger partial charge < -0.3 is 10.3 Å². The number of hydrogen-bond donors (Lipinski definition) is 0. The largest absolute Gasteiger partial charge is 0.457 e. The Balaban J connectivity index is 2.25. The van der Waals surface area contributed by atoms with Gasteiger partial charge in [-0.05, 0) is 18.1 Å². The SMILES string of the molecule is CCOC(=O)C(=[N+]=[N-])C(=O)c1ccc(-c2ccccc2)cc1. The summed E-state index contributed by atoms with van der Waals surface area (Å²) < 4.78 is 4.68. The second-order valence-corrected chi connectivity index (χ2v) is 4.44. The number of benzene rings is 2. The van der Waals surface area contributed by atoms with Crippen molar-refractivity contribution in [3.63, 3.8) is 0 Å². The fraction of sp³-hybridized carbons (Fsp3) is 0.118. The summed E-state index contributed by atoms with van der Waals surface area (Å²) in [6.07, 6.45) is 0. The van der Waals surface area contributed by atoms with Crippen LogP contribution in [0.4, 0.5) is 0 Å². The second kappa shape index (κ2) is 7.11. The third-order valence-corrected chi connectivity index (χ3v) is 3.04. The molecule has 2 rings (SSSR count). The van der Waals surface area contributed by atoms with Crippen LogP contribution in [0, 0.1) is 0 Å². The molecule has 0 saturated heterocycles. The lowest BCUT2D eigenvalue weighted by Crippen LogP contribution is -2.27. The van der Waals surface area contributed by atoms with Gasteiger partial charge in [0.25, 0.3) is 5.78 Å². The van der Waals surface area contributed by atoms with Gasteiger partial charge in [0.2, 0.25) is 0 Å². The standard InChI is InChI=1S/C17H14N2O3/c1-2-22-17(21)15(19-18)16(20)14-10-8-13(9-11-14)12-6-4-3-5-7-12/h3-11H,2H2,1H3. The van der Waals surface area contributed by atoms with E-state index in [4.69, 9.17) is 5.53 Å².